The molecule has 5 heteroatoms. The summed E-state index contributed by atoms with van der Waals surface area (Å²) in [6, 6.07) is 12.0. The second-order valence-corrected chi connectivity index (χ2v) is 4.78. The van der Waals surface area contributed by atoms with Crippen LogP contribution in [0.25, 0.3) is 0 Å². The van der Waals surface area contributed by atoms with E-state index >= 15 is 0 Å². The molecule has 0 fully saturated rings. The van der Waals surface area contributed by atoms with Crippen LogP contribution in [0, 0.1) is 12.7 Å². The van der Waals surface area contributed by atoms with Crippen molar-refractivity contribution >= 4 is 28.9 Å². The molecule has 0 unspecified atom stereocenters. The van der Waals surface area contributed by atoms with Crippen LogP contribution in [-0.2, 0) is 4.79 Å². The van der Waals surface area contributed by atoms with Crippen molar-refractivity contribution in [3.8, 4) is 0 Å². The summed E-state index contributed by atoms with van der Waals surface area (Å²) in [5.74, 6) is -0.814. The van der Waals surface area contributed by atoms with Crippen LogP contribution >= 0.6 is 11.6 Å². The van der Waals surface area contributed by atoms with E-state index in [4.69, 9.17) is 11.6 Å². The summed E-state index contributed by atoms with van der Waals surface area (Å²) in [4.78, 5) is 11.7. The van der Waals surface area contributed by atoms with Crippen molar-refractivity contribution in [3.63, 3.8) is 0 Å². The van der Waals surface area contributed by atoms with Gasteiger partial charge < -0.3 is 10.6 Å². The number of hydrogen-bond acceptors (Lipinski definition) is 2. The van der Waals surface area contributed by atoms with E-state index in [1.165, 1.54) is 12.1 Å². The van der Waals surface area contributed by atoms with Crippen molar-refractivity contribution in [1.29, 1.82) is 0 Å². The van der Waals surface area contributed by atoms with Crippen molar-refractivity contribution in [2.75, 3.05) is 17.2 Å². The van der Waals surface area contributed by atoms with Gasteiger partial charge in [-0.3, -0.25) is 4.79 Å². The molecule has 0 aromatic heterocycles. The predicted molar refractivity (Wildman–Crippen MR) is 79.7 cm³/mol. The number of amides is 1. The zero-order valence-electron chi connectivity index (χ0n) is 10.9. The van der Waals surface area contributed by atoms with E-state index < -0.39 is 5.82 Å². The number of rotatable bonds is 4. The number of carbonyl (C=O) groups excluding carboxylic acids is 1. The minimum Gasteiger partial charge on any atom is -0.374 e. The predicted octanol–water partition coefficient (Wildman–Crippen LogP) is 3.84. The first-order valence-corrected chi connectivity index (χ1v) is 6.48. The Morgan fingerprint density at radius 3 is 2.60 bits per heavy atom. The van der Waals surface area contributed by atoms with Crippen LogP contribution in [0.1, 0.15) is 5.56 Å². The maximum absolute atomic E-state index is 13.6. The van der Waals surface area contributed by atoms with Gasteiger partial charge in [0.15, 0.2) is 5.82 Å². The number of benzene rings is 2. The van der Waals surface area contributed by atoms with Gasteiger partial charge in [-0.2, -0.15) is 0 Å². The van der Waals surface area contributed by atoms with Gasteiger partial charge in [-0.05, 0) is 31.2 Å². The van der Waals surface area contributed by atoms with Gasteiger partial charge in [-0.1, -0.05) is 35.4 Å². The van der Waals surface area contributed by atoms with E-state index in [2.05, 4.69) is 10.6 Å². The van der Waals surface area contributed by atoms with Crippen LogP contribution in [0.3, 0.4) is 0 Å². The van der Waals surface area contributed by atoms with E-state index in [1.54, 1.807) is 6.07 Å². The third kappa shape index (κ3) is 3.71. The fourth-order valence-electron chi connectivity index (χ4n) is 1.66. The number of anilines is 2. The summed E-state index contributed by atoms with van der Waals surface area (Å²) < 4.78 is 13.6. The molecule has 2 aromatic rings. The standard InChI is InChI=1S/C15H14ClFN2O/c1-10-5-7-11(8-6-10)19-14(20)9-18-13-4-2-3-12(16)15(13)17/h2-8,18H,9H2,1H3,(H,19,20). The zero-order valence-corrected chi connectivity index (χ0v) is 11.7. The van der Waals surface area contributed by atoms with Gasteiger partial charge in [0.05, 0.1) is 17.3 Å². The molecular formula is C15H14ClFN2O. The molecule has 0 spiro atoms. The monoisotopic (exact) mass is 292 g/mol. The van der Waals surface area contributed by atoms with Gasteiger partial charge >= 0.3 is 0 Å². The maximum Gasteiger partial charge on any atom is 0.243 e. The van der Waals surface area contributed by atoms with Gasteiger partial charge in [0.2, 0.25) is 5.91 Å². The minimum atomic E-state index is -0.558. The highest BCUT2D eigenvalue weighted by atomic mass is 35.5. The average molecular weight is 293 g/mol. The molecule has 0 saturated carbocycles. The maximum atomic E-state index is 13.6. The fourth-order valence-corrected chi connectivity index (χ4v) is 1.83. The normalized spacial score (nSPS) is 10.2. The molecule has 2 N–H and O–H groups in total. The first-order valence-electron chi connectivity index (χ1n) is 6.10. The van der Waals surface area contributed by atoms with Crippen molar-refractivity contribution in [2.24, 2.45) is 0 Å². The highest BCUT2D eigenvalue weighted by Gasteiger charge is 2.07. The highest BCUT2D eigenvalue weighted by molar-refractivity contribution is 6.31. The molecule has 0 aliphatic carbocycles. The van der Waals surface area contributed by atoms with Gasteiger partial charge in [-0.15, -0.1) is 0 Å². The fraction of sp³-hybridized carbons (Fsp3) is 0.133. The lowest BCUT2D eigenvalue weighted by Crippen LogP contribution is -2.22. The van der Waals surface area contributed by atoms with Crippen LogP contribution in [0.15, 0.2) is 42.5 Å². The Morgan fingerprint density at radius 1 is 1.20 bits per heavy atom. The van der Waals surface area contributed by atoms with E-state index in [0.29, 0.717) is 5.69 Å². The van der Waals surface area contributed by atoms with Crippen molar-refractivity contribution in [2.45, 2.75) is 6.92 Å². The van der Waals surface area contributed by atoms with Crippen LogP contribution in [-0.4, -0.2) is 12.5 Å². The summed E-state index contributed by atoms with van der Waals surface area (Å²) in [6.07, 6.45) is 0. The summed E-state index contributed by atoms with van der Waals surface area (Å²) in [6.45, 7) is 1.93. The quantitative estimate of drug-likeness (QED) is 0.899. The third-order valence-corrected chi connectivity index (χ3v) is 3.02. The van der Waals surface area contributed by atoms with Crippen LogP contribution in [0.4, 0.5) is 15.8 Å². The summed E-state index contributed by atoms with van der Waals surface area (Å²) in [7, 11) is 0. The Bertz CT molecular complexity index is 614. The molecule has 104 valence electrons. The molecule has 2 aromatic carbocycles. The Balaban J connectivity index is 1.92. The number of nitrogens with one attached hydrogen (secondary N) is 2. The molecule has 0 heterocycles. The molecule has 0 aliphatic rings. The molecule has 3 nitrogen and oxygen atoms in total. The number of halogens is 2. The van der Waals surface area contributed by atoms with Gasteiger partial charge in [-0.25, -0.2) is 4.39 Å². The lowest BCUT2D eigenvalue weighted by molar-refractivity contribution is -0.114. The molecule has 0 atom stereocenters. The van der Waals surface area contributed by atoms with Gasteiger partial charge in [0, 0.05) is 5.69 Å². The SMILES string of the molecule is Cc1ccc(NC(=O)CNc2cccc(Cl)c2F)cc1. The Morgan fingerprint density at radius 2 is 1.90 bits per heavy atom. The third-order valence-electron chi connectivity index (χ3n) is 2.73. The molecule has 0 radical (unpaired) electrons. The molecule has 0 aliphatic heterocycles. The molecular weight excluding hydrogens is 279 g/mol. The zero-order chi connectivity index (χ0) is 14.5. The minimum absolute atomic E-state index is 0.0222. The topological polar surface area (TPSA) is 41.1 Å². The molecule has 1 amide bonds. The highest BCUT2D eigenvalue weighted by Crippen LogP contribution is 2.21. The molecule has 20 heavy (non-hydrogen) atoms. The van der Waals surface area contributed by atoms with Crippen molar-refractivity contribution in [3.05, 3.63) is 58.9 Å². The molecule has 0 bridgehead atoms. The lowest BCUT2D eigenvalue weighted by atomic mass is 10.2. The Hall–Kier alpha value is -2.07. The van der Waals surface area contributed by atoms with Crippen LogP contribution in [0.5, 0.6) is 0 Å². The Kier molecular flexibility index (Phi) is 4.58. The number of hydrogen-bond donors (Lipinski definition) is 2. The van der Waals surface area contributed by atoms with Crippen LogP contribution in [0.2, 0.25) is 5.02 Å². The number of carbonyl (C=O) groups is 1. The first kappa shape index (κ1) is 14.3. The second kappa shape index (κ2) is 6.39. The summed E-state index contributed by atoms with van der Waals surface area (Å²) in [5.41, 5.74) is 2.02. The summed E-state index contributed by atoms with van der Waals surface area (Å²) in [5, 5.41) is 5.45. The van der Waals surface area contributed by atoms with E-state index in [-0.39, 0.29) is 23.2 Å². The summed E-state index contributed by atoms with van der Waals surface area (Å²) >= 11 is 5.66. The van der Waals surface area contributed by atoms with Crippen LogP contribution < -0.4 is 10.6 Å². The Labute approximate surface area is 121 Å². The van der Waals surface area contributed by atoms with E-state index in [9.17, 15) is 9.18 Å². The van der Waals surface area contributed by atoms with Crippen molar-refractivity contribution in [1.82, 2.24) is 0 Å². The largest absolute Gasteiger partial charge is 0.374 e. The van der Waals surface area contributed by atoms with E-state index in [1.807, 2.05) is 31.2 Å². The molecule has 2 rings (SSSR count). The average Bonchev–Trinajstić information content (AvgIpc) is 2.43. The van der Waals surface area contributed by atoms with Gasteiger partial charge in [0.1, 0.15) is 0 Å². The molecule has 0 saturated heterocycles. The van der Waals surface area contributed by atoms with Gasteiger partial charge in [0.25, 0.3) is 0 Å². The first-order chi connectivity index (χ1) is 9.56. The second-order valence-electron chi connectivity index (χ2n) is 4.37. The lowest BCUT2D eigenvalue weighted by Gasteiger charge is -2.09. The van der Waals surface area contributed by atoms with Crippen molar-refractivity contribution < 1.29 is 9.18 Å². The number of aryl methyl sites for hydroxylation is 1. The van der Waals surface area contributed by atoms with E-state index in [0.717, 1.165) is 5.56 Å². The smallest absolute Gasteiger partial charge is 0.243 e.